The second-order valence-electron chi connectivity index (χ2n) is 2.12. The van der Waals surface area contributed by atoms with Gasteiger partial charge in [0.15, 0.2) is 0 Å². The van der Waals surface area contributed by atoms with Crippen LogP contribution in [0, 0.1) is 0 Å². The molecule has 62 valence electrons. The average Bonchev–Trinajstić information content (AvgIpc) is 2.37. The van der Waals surface area contributed by atoms with Crippen molar-refractivity contribution < 1.29 is 8.78 Å². The Bertz CT molecular complexity index is 221. The number of aromatic nitrogens is 2. The lowest BCUT2D eigenvalue weighted by atomic mass is 10.5. The highest BCUT2D eigenvalue weighted by Gasteiger charge is 2.09. The van der Waals surface area contributed by atoms with Gasteiger partial charge in [0, 0.05) is 0 Å². The number of hydrogen-bond acceptors (Lipinski definition) is 2. The Labute approximate surface area is 62.8 Å². The maximum absolute atomic E-state index is 11.9. The van der Waals surface area contributed by atoms with Crippen LogP contribution in [0.4, 0.5) is 8.78 Å². The zero-order chi connectivity index (χ0) is 8.27. The molecular weight excluding hydrogens is 152 g/mol. The van der Waals surface area contributed by atoms with Crippen molar-refractivity contribution in [2.24, 2.45) is 0 Å². The van der Waals surface area contributed by atoms with Crippen molar-refractivity contribution >= 4 is 0 Å². The third-order valence-electron chi connectivity index (χ3n) is 1.23. The number of nitrogens with zero attached hydrogens (tertiary/aromatic N) is 1. The molecule has 0 saturated heterocycles. The first-order valence-electron chi connectivity index (χ1n) is 3.20. The van der Waals surface area contributed by atoms with Crippen LogP contribution in [0.5, 0.6) is 0 Å². The monoisotopic (exact) mass is 161 g/mol. The SMILES string of the molecule is CNCc1ncc(C(F)F)[nH]1. The van der Waals surface area contributed by atoms with E-state index < -0.39 is 6.43 Å². The molecular formula is C6H9F2N3. The van der Waals surface area contributed by atoms with Crippen molar-refractivity contribution in [3.63, 3.8) is 0 Å². The Hall–Kier alpha value is -0.970. The minimum atomic E-state index is -2.46. The summed E-state index contributed by atoms with van der Waals surface area (Å²) in [6.45, 7) is 0.479. The summed E-state index contributed by atoms with van der Waals surface area (Å²) in [6.07, 6.45) is -1.31. The molecule has 2 N–H and O–H groups in total. The van der Waals surface area contributed by atoms with Crippen LogP contribution in [-0.2, 0) is 6.54 Å². The number of aromatic amines is 1. The van der Waals surface area contributed by atoms with Gasteiger partial charge >= 0.3 is 0 Å². The van der Waals surface area contributed by atoms with E-state index in [9.17, 15) is 8.78 Å². The van der Waals surface area contributed by atoms with E-state index in [0.29, 0.717) is 12.4 Å². The predicted octanol–water partition coefficient (Wildman–Crippen LogP) is 1.07. The molecule has 0 fully saturated rings. The van der Waals surface area contributed by atoms with Crippen LogP contribution in [0.3, 0.4) is 0 Å². The summed E-state index contributed by atoms with van der Waals surface area (Å²) in [6, 6.07) is 0. The molecule has 0 aliphatic rings. The molecule has 0 atom stereocenters. The zero-order valence-electron chi connectivity index (χ0n) is 6.06. The Morgan fingerprint density at radius 3 is 2.91 bits per heavy atom. The highest BCUT2D eigenvalue weighted by Crippen LogP contribution is 2.15. The molecule has 0 radical (unpaired) electrons. The van der Waals surface area contributed by atoms with Gasteiger partial charge in [0.25, 0.3) is 6.43 Å². The third kappa shape index (κ3) is 1.98. The topological polar surface area (TPSA) is 40.7 Å². The van der Waals surface area contributed by atoms with Crippen LogP contribution in [0.2, 0.25) is 0 Å². The van der Waals surface area contributed by atoms with E-state index in [0.717, 1.165) is 6.20 Å². The van der Waals surface area contributed by atoms with E-state index in [2.05, 4.69) is 15.3 Å². The molecule has 1 aromatic heterocycles. The number of imidazole rings is 1. The molecule has 0 aromatic carbocycles. The first kappa shape index (κ1) is 8.13. The van der Waals surface area contributed by atoms with Gasteiger partial charge in [-0.25, -0.2) is 13.8 Å². The molecule has 0 aliphatic heterocycles. The second-order valence-corrected chi connectivity index (χ2v) is 2.12. The molecule has 1 aromatic rings. The highest BCUT2D eigenvalue weighted by atomic mass is 19.3. The van der Waals surface area contributed by atoms with Crippen molar-refractivity contribution in [1.82, 2.24) is 15.3 Å². The minimum Gasteiger partial charge on any atom is -0.340 e. The summed E-state index contributed by atoms with van der Waals surface area (Å²) >= 11 is 0. The van der Waals surface area contributed by atoms with E-state index in [4.69, 9.17) is 0 Å². The fraction of sp³-hybridized carbons (Fsp3) is 0.500. The molecule has 0 unspecified atom stereocenters. The van der Waals surface area contributed by atoms with Crippen molar-refractivity contribution in [3.05, 3.63) is 17.7 Å². The van der Waals surface area contributed by atoms with Gasteiger partial charge in [0.05, 0.1) is 12.7 Å². The maximum Gasteiger partial charge on any atom is 0.279 e. The summed E-state index contributed by atoms with van der Waals surface area (Å²) in [4.78, 5) is 6.22. The molecule has 1 rings (SSSR count). The number of hydrogen-bond donors (Lipinski definition) is 2. The first-order valence-corrected chi connectivity index (χ1v) is 3.20. The molecule has 11 heavy (non-hydrogen) atoms. The lowest BCUT2D eigenvalue weighted by Gasteiger charge is -1.93. The van der Waals surface area contributed by atoms with Gasteiger partial charge in [-0.1, -0.05) is 0 Å². The number of alkyl halides is 2. The number of H-pyrrole nitrogens is 1. The Morgan fingerprint density at radius 1 is 1.73 bits per heavy atom. The molecule has 5 heteroatoms. The van der Waals surface area contributed by atoms with Crippen LogP contribution < -0.4 is 5.32 Å². The molecule has 0 amide bonds. The largest absolute Gasteiger partial charge is 0.340 e. The third-order valence-corrected chi connectivity index (χ3v) is 1.23. The number of nitrogens with one attached hydrogen (secondary N) is 2. The van der Waals surface area contributed by atoms with Crippen molar-refractivity contribution in [1.29, 1.82) is 0 Å². The predicted molar refractivity (Wildman–Crippen MR) is 36.3 cm³/mol. The van der Waals surface area contributed by atoms with Crippen molar-refractivity contribution in [2.75, 3.05) is 7.05 Å². The Kier molecular flexibility index (Phi) is 2.53. The summed E-state index contributed by atoms with van der Waals surface area (Å²) in [5.41, 5.74) is -0.129. The standard InChI is InChI=1S/C6H9F2N3/c1-9-3-5-10-2-4(11-5)6(7)8/h2,6,9H,3H2,1H3,(H,10,11). The fourth-order valence-electron chi connectivity index (χ4n) is 0.747. The summed E-state index contributed by atoms with van der Waals surface area (Å²) in [5, 5.41) is 2.80. The summed E-state index contributed by atoms with van der Waals surface area (Å²) in [5.74, 6) is 0.530. The fourth-order valence-corrected chi connectivity index (χ4v) is 0.747. The first-order chi connectivity index (χ1) is 5.24. The molecule has 1 heterocycles. The van der Waals surface area contributed by atoms with Gasteiger partial charge in [-0.3, -0.25) is 0 Å². The highest BCUT2D eigenvalue weighted by molar-refractivity contribution is 5.01. The van der Waals surface area contributed by atoms with E-state index in [1.165, 1.54) is 0 Å². The summed E-state index contributed by atoms with van der Waals surface area (Å²) in [7, 11) is 1.73. The van der Waals surface area contributed by atoms with Crippen LogP contribution in [0.1, 0.15) is 17.9 Å². The minimum absolute atomic E-state index is 0.129. The van der Waals surface area contributed by atoms with Crippen LogP contribution in [0.25, 0.3) is 0 Å². The Balaban J connectivity index is 2.66. The Morgan fingerprint density at radius 2 is 2.45 bits per heavy atom. The maximum atomic E-state index is 11.9. The summed E-state index contributed by atoms with van der Waals surface area (Å²) < 4.78 is 23.9. The van der Waals surface area contributed by atoms with Crippen molar-refractivity contribution in [3.8, 4) is 0 Å². The van der Waals surface area contributed by atoms with Gasteiger partial charge in [-0.15, -0.1) is 0 Å². The second kappa shape index (κ2) is 3.43. The van der Waals surface area contributed by atoms with Gasteiger partial charge in [0.1, 0.15) is 11.5 Å². The van der Waals surface area contributed by atoms with E-state index >= 15 is 0 Å². The number of rotatable bonds is 3. The van der Waals surface area contributed by atoms with Crippen LogP contribution in [0.15, 0.2) is 6.20 Å². The number of halogens is 2. The lowest BCUT2D eigenvalue weighted by Crippen LogP contribution is -2.06. The normalized spacial score (nSPS) is 10.9. The van der Waals surface area contributed by atoms with Gasteiger partial charge in [0.2, 0.25) is 0 Å². The lowest BCUT2D eigenvalue weighted by molar-refractivity contribution is 0.146. The molecule has 0 spiro atoms. The van der Waals surface area contributed by atoms with Crippen LogP contribution in [-0.4, -0.2) is 17.0 Å². The zero-order valence-corrected chi connectivity index (χ0v) is 6.06. The smallest absolute Gasteiger partial charge is 0.279 e. The quantitative estimate of drug-likeness (QED) is 0.696. The molecule has 0 saturated carbocycles. The van der Waals surface area contributed by atoms with Gasteiger partial charge in [-0.05, 0) is 7.05 Å². The van der Waals surface area contributed by atoms with E-state index in [1.54, 1.807) is 7.05 Å². The molecule has 0 aliphatic carbocycles. The van der Waals surface area contributed by atoms with E-state index in [1.807, 2.05) is 0 Å². The van der Waals surface area contributed by atoms with Gasteiger partial charge in [-0.2, -0.15) is 0 Å². The van der Waals surface area contributed by atoms with Gasteiger partial charge < -0.3 is 10.3 Å². The average molecular weight is 161 g/mol. The van der Waals surface area contributed by atoms with Crippen molar-refractivity contribution in [2.45, 2.75) is 13.0 Å². The van der Waals surface area contributed by atoms with E-state index in [-0.39, 0.29) is 5.69 Å². The molecule has 3 nitrogen and oxygen atoms in total. The van der Waals surface area contributed by atoms with Crippen LogP contribution >= 0.6 is 0 Å². The molecule has 0 bridgehead atoms.